The molecule has 0 bridgehead atoms. The Morgan fingerprint density at radius 1 is 0.931 bits per heavy atom. The Bertz CT molecular complexity index is 847. The first kappa shape index (κ1) is 21.1. The van der Waals surface area contributed by atoms with Gasteiger partial charge in [-0.25, -0.2) is 0 Å². The summed E-state index contributed by atoms with van der Waals surface area (Å²) >= 11 is 0. The number of pyridine rings is 1. The van der Waals surface area contributed by atoms with Crippen molar-refractivity contribution in [2.24, 2.45) is 5.41 Å². The van der Waals surface area contributed by atoms with E-state index in [4.69, 9.17) is 4.74 Å². The Kier molecular flexibility index (Phi) is 7.09. The van der Waals surface area contributed by atoms with Crippen molar-refractivity contribution in [2.75, 3.05) is 6.61 Å². The van der Waals surface area contributed by atoms with Crippen LogP contribution >= 0.6 is 0 Å². The molecule has 0 fully saturated rings. The molecule has 0 amide bonds. The molecular formula is C27H33NO. The second kappa shape index (κ2) is 9.73. The second-order valence-electron chi connectivity index (χ2n) is 8.81. The summed E-state index contributed by atoms with van der Waals surface area (Å²) in [7, 11) is 0. The highest BCUT2D eigenvalue weighted by atomic mass is 16.5. The Labute approximate surface area is 176 Å². The standard InChI is InChI=1S/C27H33NO/c1-21-14-15-22(2)26(19-21)29-18-10-16-27(3,4)20-24(23-11-6-5-7-12-23)25-13-8-9-17-28-25/h5-9,11-15,17,19,24H,10,16,18,20H2,1-4H3. The van der Waals surface area contributed by atoms with Crippen LogP contribution < -0.4 is 4.74 Å². The summed E-state index contributed by atoms with van der Waals surface area (Å²) in [6, 6.07) is 23.4. The fourth-order valence-corrected chi connectivity index (χ4v) is 3.91. The average Bonchev–Trinajstić information content (AvgIpc) is 2.73. The third-order valence-electron chi connectivity index (χ3n) is 5.60. The van der Waals surface area contributed by atoms with Crippen LogP contribution in [0.5, 0.6) is 5.75 Å². The highest BCUT2D eigenvalue weighted by Crippen LogP contribution is 2.38. The summed E-state index contributed by atoms with van der Waals surface area (Å²) in [5, 5.41) is 0. The van der Waals surface area contributed by atoms with E-state index < -0.39 is 0 Å². The smallest absolute Gasteiger partial charge is 0.122 e. The Balaban J connectivity index is 1.62. The molecule has 152 valence electrons. The van der Waals surface area contributed by atoms with Crippen molar-refractivity contribution in [3.63, 3.8) is 0 Å². The van der Waals surface area contributed by atoms with Crippen molar-refractivity contribution in [2.45, 2.75) is 52.9 Å². The van der Waals surface area contributed by atoms with Crippen molar-refractivity contribution in [1.82, 2.24) is 4.98 Å². The molecule has 3 aromatic rings. The van der Waals surface area contributed by atoms with Crippen LogP contribution in [0.3, 0.4) is 0 Å². The molecule has 2 heteroatoms. The lowest BCUT2D eigenvalue weighted by Gasteiger charge is -2.30. The fraction of sp³-hybridized carbons (Fsp3) is 0.370. The van der Waals surface area contributed by atoms with Gasteiger partial charge in [0.15, 0.2) is 0 Å². The maximum Gasteiger partial charge on any atom is 0.122 e. The molecule has 1 unspecified atom stereocenters. The number of hydrogen-bond acceptors (Lipinski definition) is 2. The fourth-order valence-electron chi connectivity index (χ4n) is 3.91. The van der Waals surface area contributed by atoms with E-state index in [-0.39, 0.29) is 5.41 Å². The molecular weight excluding hydrogens is 354 g/mol. The first-order valence-electron chi connectivity index (χ1n) is 10.6. The van der Waals surface area contributed by atoms with Gasteiger partial charge in [-0.15, -0.1) is 0 Å². The predicted octanol–water partition coefficient (Wildman–Crippen LogP) is 7.11. The highest BCUT2D eigenvalue weighted by molar-refractivity contribution is 5.36. The second-order valence-corrected chi connectivity index (χ2v) is 8.81. The maximum atomic E-state index is 6.07. The zero-order valence-electron chi connectivity index (χ0n) is 18.2. The Morgan fingerprint density at radius 3 is 2.41 bits per heavy atom. The zero-order valence-corrected chi connectivity index (χ0v) is 18.2. The average molecular weight is 388 g/mol. The zero-order chi connectivity index (χ0) is 20.7. The molecule has 1 atom stereocenters. The molecule has 1 heterocycles. The van der Waals surface area contributed by atoms with Gasteiger partial charge in [0.25, 0.3) is 0 Å². The molecule has 0 saturated heterocycles. The summed E-state index contributed by atoms with van der Waals surface area (Å²) in [4.78, 5) is 4.67. The van der Waals surface area contributed by atoms with E-state index in [1.165, 1.54) is 16.7 Å². The van der Waals surface area contributed by atoms with Crippen molar-refractivity contribution < 1.29 is 4.74 Å². The summed E-state index contributed by atoms with van der Waals surface area (Å²) in [6.07, 6.45) is 5.13. The van der Waals surface area contributed by atoms with Gasteiger partial charge in [0.05, 0.1) is 6.61 Å². The molecule has 29 heavy (non-hydrogen) atoms. The minimum Gasteiger partial charge on any atom is -0.493 e. The SMILES string of the molecule is Cc1ccc(C)c(OCCCC(C)(C)CC(c2ccccc2)c2ccccn2)c1. The predicted molar refractivity (Wildman–Crippen MR) is 122 cm³/mol. The van der Waals surface area contributed by atoms with Crippen molar-refractivity contribution in [1.29, 1.82) is 0 Å². The summed E-state index contributed by atoms with van der Waals surface area (Å²) in [6.45, 7) is 9.70. The molecule has 2 aromatic carbocycles. The van der Waals surface area contributed by atoms with E-state index in [9.17, 15) is 0 Å². The van der Waals surface area contributed by atoms with Gasteiger partial charge in [0.2, 0.25) is 0 Å². The molecule has 0 aliphatic heterocycles. The van der Waals surface area contributed by atoms with Gasteiger partial charge in [-0.05, 0) is 73.4 Å². The minimum atomic E-state index is 0.197. The van der Waals surface area contributed by atoms with Crippen molar-refractivity contribution in [3.05, 3.63) is 95.3 Å². The monoisotopic (exact) mass is 387 g/mol. The number of rotatable bonds is 9. The van der Waals surface area contributed by atoms with Crippen LogP contribution in [0.1, 0.15) is 61.4 Å². The van der Waals surface area contributed by atoms with Gasteiger partial charge in [-0.3, -0.25) is 4.98 Å². The number of nitrogens with zero attached hydrogens (tertiary/aromatic N) is 1. The van der Waals surface area contributed by atoms with Gasteiger partial charge in [0.1, 0.15) is 5.75 Å². The van der Waals surface area contributed by atoms with Crippen LogP contribution in [-0.4, -0.2) is 11.6 Å². The summed E-state index contributed by atoms with van der Waals surface area (Å²) in [5.74, 6) is 1.32. The highest BCUT2D eigenvalue weighted by Gasteiger charge is 2.26. The van der Waals surface area contributed by atoms with E-state index >= 15 is 0 Å². The molecule has 2 nitrogen and oxygen atoms in total. The van der Waals surface area contributed by atoms with E-state index in [1.54, 1.807) is 0 Å². The van der Waals surface area contributed by atoms with Crippen LogP contribution in [0.4, 0.5) is 0 Å². The molecule has 0 spiro atoms. The largest absolute Gasteiger partial charge is 0.493 e. The number of hydrogen-bond donors (Lipinski definition) is 0. The van der Waals surface area contributed by atoms with Crippen LogP contribution in [-0.2, 0) is 0 Å². The summed E-state index contributed by atoms with van der Waals surface area (Å²) in [5.41, 5.74) is 5.13. The van der Waals surface area contributed by atoms with Gasteiger partial charge in [0, 0.05) is 17.8 Å². The molecule has 0 radical (unpaired) electrons. The molecule has 1 aromatic heterocycles. The topological polar surface area (TPSA) is 22.1 Å². The molecule has 0 saturated carbocycles. The quantitative estimate of drug-likeness (QED) is 0.365. The lowest BCUT2D eigenvalue weighted by molar-refractivity contribution is 0.238. The molecule has 3 rings (SSSR count). The van der Waals surface area contributed by atoms with Gasteiger partial charge in [-0.2, -0.15) is 0 Å². The van der Waals surface area contributed by atoms with Gasteiger partial charge >= 0.3 is 0 Å². The third-order valence-corrected chi connectivity index (χ3v) is 5.60. The number of benzene rings is 2. The van der Waals surface area contributed by atoms with Crippen LogP contribution in [0.25, 0.3) is 0 Å². The van der Waals surface area contributed by atoms with Crippen LogP contribution in [0.15, 0.2) is 72.9 Å². The lowest BCUT2D eigenvalue weighted by atomic mass is 9.76. The van der Waals surface area contributed by atoms with E-state index in [2.05, 4.69) is 93.3 Å². The molecule has 0 N–H and O–H groups in total. The van der Waals surface area contributed by atoms with Gasteiger partial charge in [-0.1, -0.05) is 62.4 Å². The van der Waals surface area contributed by atoms with E-state index in [0.717, 1.165) is 37.3 Å². The first-order chi connectivity index (χ1) is 13.9. The minimum absolute atomic E-state index is 0.197. The Hall–Kier alpha value is -2.61. The third kappa shape index (κ3) is 6.19. The summed E-state index contributed by atoms with van der Waals surface area (Å²) < 4.78 is 6.07. The lowest BCUT2D eigenvalue weighted by Crippen LogP contribution is -2.19. The number of aromatic nitrogens is 1. The molecule has 0 aliphatic rings. The van der Waals surface area contributed by atoms with Crippen LogP contribution in [0.2, 0.25) is 0 Å². The van der Waals surface area contributed by atoms with E-state index in [0.29, 0.717) is 5.92 Å². The Morgan fingerprint density at radius 2 is 1.69 bits per heavy atom. The van der Waals surface area contributed by atoms with Gasteiger partial charge < -0.3 is 4.74 Å². The molecule has 0 aliphatic carbocycles. The van der Waals surface area contributed by atoms with Crippen molar-refractivity contribution >= 4 is 0 Å². The van der Waals surface area contributed by atoms with Crippen LogP contribution in [0, 0.1) is 19.3 Å². The maximum absolute atomic E-state index is 6.07. The number of aryl methyl sites for hydroxylation is 2. The first-order valence-corrected chi connectivity index (χ1v) is 10.6. The normalized spacial score (nSPS) is 12.6. The number of ether oxygens (including phenoxy) is 1. The van der Waals surface area contributed by atoms with E-state index in [1.807, 2.05) is 12.3 Å². The van der Waals surface area contributed by atoms with Crippen molar-refractivity contribution in [3.8, 4) is 5.75 Å².